The number of nitrogens with one attached hydrogen (secondary N) is 1. The van der Waals surface area contributed by atoms with E-state index < -0.39 is 0 Å². The molecule has 0 bridgehead atoms. The van der Waals surface area contributed by atoms with Crippen LogP contribution in [-0.4, -0.2) is 58.6 Å². The molecule has 0 aromatic heterocycles. The van der Waals surface area contributed by atoms with E-state index in [9.17, 15) is 4.79 Å². The number of primary amides is 1. The van der Waals surface area contributed by atoms with Crippen molar-refractivity contribution in [1.29, 1.82) is 0 Å². The third kappa shape index (κ3) is 15.3. The lowest BCUT2D eigenvalue weighted by Crippen LogP contribution is -2.31. The van der Waals surface area contributed by atoms with Crippen molar-refractivity contribution >= 4 is 5.91 Å². The maximum Gasteiger partial charge on any atom is 0.231 e. The Bertz CT molecular complexity index is 179. The molecule has 0 fully saturated rings. The second-order valence-corrected chi connectivity index (χ2v) is 3.48. The fraction of sp³-hybridized carbons (Fsp3) is 0.909. The molecule has 17 heavy (non-hydrogen) atoms. The second kappa shape index (κ2) is 13.4. The van der Waals surface area contributed by atoms with Gasteiger partial charge < -0.3 is 25.3 Å². The van der Waals surface area contributed by atoms with E-state index in [0.29, 0.717) is 39.6 Å². The minimum absolute atomic E-state index is 0.189. The molecular weight excluding hydrogens is 224 g/mol. The predicted octanol–water partition coefficient (Wildman–Crippen LogP) is -0.479. The summed E-state index contributed by atoms with van der Waals surface area (Å²) >= 11 is 0. The summed E-state index contributed by atoms with van der Waals surface area (Å²) in [4.78, 5) is 10.4. The second-order valence-electron chi connectivity index (χ2n) is 3.48. The molecule has 0 atom stereocenters. The van der Waals surface area contributed by atoms with Gasteiger partial charge in [0.25, 0.3) is 0 Å². The highest BCUT2D eigenvalue weighted by molar-refractivity contribution is 5.75. The van der Waals surface area contributed by atoms with E-state index in [-0.39, 0.29) is 12.5 Å². The molecule has 0 heterocycles. The standard InChI is InChI=1S/C11H24N2O4/c1-2-4-15-6-8-17-9-7-16-5-3-13-10-11(12)14/h13H,2-10H2,1H3,(H2,12,14). The zero-order chi connectivity index (χ0) is 12.8. The van der Waals surface area contributed by atoms with Crippen LogP contribution in [0.1, 0.15) is 13.3 Å². The Morgan fingerprint density at radius 1 is 1.00 bits per heavy atom. The van der Waals surface area contributed by atoms with Crippen LogP contribution in [-0.2, 0) is 19.0 Å². The van der Waals surface area contributed by atoms with Crippen molar-refractivity contribution in [3.05, 3.63) is 0 Å². The molecular formula is C11H24N2O4. The van der Waals surface area contributed by atoms with Crippen LogP contribution in [0.25, 0.3) is 0 Å². The summed E-state index contributed by atoms with van der Waals surface area (Å²) in [5.74, 6) is -0.361. The smallest absolute Gasteiger partial charge is 0.231 e. The first kappa shape index (κ1) is 16.3. The highest BCUT2D eigenvalue weighted by Gasteiger charge is 1.93. The number of hydrogen-bond donors (Lipinski definition) is 2. The van der Waals surface area contributed by atoms with E-state index in [4.69, 9.17) is 19.9 Å². The monoisotopic (exact) mass is 248 g/mol. The van der Waals surface area contributed by atoms with E-state index in [1.54, 1.807) is 0 Å². The van der Waals surface area contributed by atoms with E-state index in [1.807, 2.05) is 0 Å². The molecule has 0 unspecified atom stereocenters. The van der Waals surface area contributed by atoms with Gasteiger partial charge in [-0.15, -0.1) is 0 Å². The van der Waals surface area contributed by atoms with Crippen molar-refractivity contribution in [3.8, 4) is 0 Å². The van der Waals surface area contributed by atoms with Crippen molar-refractivity contribution in [1.82, 2.24) is 5.32 Å². The average Bonchev–Trinajstić information content (AvgIpc) is 2.30. The van der Waals surface area contributed by atoms with Gasteiger partial charge in [0, 0.05) is 13.2 Å². The van der Waals surface area contributed by atoms with Gasteiger partial charge in [-0.1, -0.05) is 6.92 Å². The Hall–Kier alpha value is -0.690. The SMILES string of the molecule is CCCOCCOCCOCCNCC(N)=O. The van der Waals surface area contributed by atoms with Crippen LogP contribution in [0.3, 0.4) is 0 Å². The molecule has 6 heteroatoms. The van der Waals surface area contributed by atoms with Crippen LogP contribution < -0.4 is 11.1 Å². The lowest BCUT2D eigenvalue weighted by Gasteiger charge is -2.06. The summed E-state index contributed by atoms with van der Waals surface area (Å²) in [6.07, 6.45) is 1.03. The Morgan fingerprint density at radius 2 is 1.53 bits per heavy atom. The van der Waals surface area contributed by atoms with Gasteiger partial charge in [-0.25, -0.2) is 0 Å². The van der Waals surface area contributed by atoms with E-state index in [0.717, 1.165) is 13.0 Å². The molecule has 0 spiro atoms. The number of carbonyl (C=O) groups is 1. The van der Waals surface area contributed by atoms with Crippen LogP contribution in [0, 0.1) is 0 Å². The molecule has 6 nitrogen and oxygen atoms in total. The molecule has 0 rings (SSSR count). The number of hydrogen-bond acceptors (Lipinski definition) is 5. The number of ether oxygens (including phenoxy) is 3. The highest BCUT2D eigenvalue weighted by atomic mass is 16.5. The first-order chi connectivity index (χ1) is 8.27. The Balaban J connectivity index is 2.91. The van der Waals surface area contributed by atoms with Gasteiger partial charge in [0.05, 0.1) is 39.6 Å². The van der Waals surface area contributed by atoms with Crippen LogP contribution in [0.2, 0.25) is 0 Å². The maximum atomic E-state index is 10.4. The van der Waals surface area contributed by atoms with Gasteiger partial charge in [0.15, 0.2) is 0 Å². The molecule has 0 aliphatic rings. The molecule has 0 aliphatic heterocycles. The number of rotatable bonds is 13. The normalized spacial score (nSPS) is 10.6. The van der Waals surface area contributed by atoms with Crippen LogP contribution in [0.4, 0.5) is 0 Å². The third-order valence-electron chi connectivity index (χ3n) is 1.81. The van der Waals surface area contributed by atoms with Gasteiger partial charge in [-0.05, 0) is 6.42 Å². The first-order valence-electron chi connectivity index (χ1n) is 5.99. The van der Waals surface area contributed by atoms with Gasteiger partial charge in [0.2, 0.25) is 5.91 Å². The van der Waals surface area contributed by atoms with Crippen LogP contribution in [0.5, 0.6) is 0 Å². The van der Waals surface area contributed by atoms with Gasteiger partial charge in [-0.2, -0.15) is 0 Å². The number of carbonyl (C=O) groups excluding carboxylic acids is 1. The zero-order valence-electron chi connectivity index (χ0n) is 10.6. The largest absolute Gasteiger partial charge is 0.379 e. The summed E-state index contributed by atoms with van der Waals surface area (Å²) in [5, 5.41) is 2.85. The van der Waals surface area contributed by atoms with Gasteiger partial charge >= 0.3 is 0 Å². The third-order valence-corrected chi connectivity index (χ3v) is 1.81. The first-order valence-corrected chi connectivity index (χ1v) is 5.99. The molecule has 0 saturated heterocycles. The van der Waals surface area contributed by atoms with Gasteiger partial charge in [0.1, 0.15) is 0 Å². The number of nitrogens with two attached hydrogens (primary N) is 1. The maximum absolute atomic E-state index is 10.4. The van der Waals surface area contributed by atoms with Crippen molar-refractivity contribution < 1.29 is 19.0 Å². The highest BCUT2D eigenvalue weighted by Crippen LogP contribution is 1.82. The van der Waals surface area contributed by atoms with Crippen LogP contribution >= 0.6 is 0 Å². The molecule has 0 aromatic carbocycles. The zero-order valence-corrected chi connectivity index (χ0v) is 10.6. The minimum atomic E-state index is -0.361. The predicted molar refractivity (Wildman–Crippen MR) is 64.8 cm³/mol. The quantitative estimate of drug-likeness (QED) is 0.430. The molecule has 0 radical (unpaired) electrons. The van der Waals surface area contributed by atoms with E-state index in [2.05, 4.69) is 12.2 Å². The summed E-state index contributed by atoms with van der Waals surface area (Å²) in [6, 6.07) is 0. The fourth-order valence-electron chi connectivity index (χ4n) is 1.04. The van der Waals surface area contributed by atoms with Crippen LogP contribution in [0.15, 0.2) is 0 Å². The van der Waals surface area contributed by atoms with Crippen molar-refractivity contribution in [2.24, 2.45) is 5.73 Å². The fourth-order valence-corrected chi connectivity index (χ4v) is 1.04. The van der Waals surface area contributed by atoms with E-state index in [1.165, 1.54) is 0 Å². The topological polar surface area (TPSA) is 82.8 Å². The molecule has 0 aliphatic carbocycles. The molecule has 3 N–H and O–H groups in total. The lowest BCUT2D eigenvalue weighted by atomic mass is 10.5. The summed E-state index contributed by atoms with van der Waals surface area (Å²) in [5.41, 5.74) is 4.95. The lowest BCUT2D eigenvalue weighted by molar-refractivity contribution is -0.117. The molecule has 0 aromatic rings. The van der Waals surface area contributed by atoms with Crippen molar-refractivity contribution in [3.63, 3.8) is 0 Å². The average molecular weight is 248 g/mol. The Kier molecular flexibility index (Phi) is 12.8. The Labute approximate surface area is 103 Å². The summed E-state index contributed by atoms with van der Waals surface area (Å²) in [7, 11) is 0. The van der Waals surface area contributed by atoms with Crippen molar-refractivity contribution in [2.75, 3.05) is 52.7 Å². The number of amides is 1. The van der Waals surface area contributed by atoms with Gasteiger partial charge in [-0.3, -0.25) is 4.79 Å². The van der Waals surface area contributed by atoms with Crippen molar-refractivity contribution in [2.45, 2.75) is 13.3 Å². The summed E-state index contributed by atoms with van der Waals surface area (Å²) < 4.78 is 15.8. The molecule has 102 valence electrons. The van der Waals surface area contributed by atoms with E-state index >= 15 is 0 Å². The Morgan fingerprint density at radius 3 is 2.06 bits per heavy atom. The minimum Gasteiger partial charge on any atom is -0.379 e. The molecule has 1 amide bonds. The summed E-state index contributed by atoms with van der Waals surface area (Å²) in [6.45, 7) is 6.54. The molecule has 0 saturated carbocycles.